The molecule has 4 rings (SSSR count). The zero-order chi connectivity index (χ0) is 31.3. The maximum Gasteiger partial charge on any atom is 0.254 e. The van der Waals surface area contributed by atoms with Gasteiger partial charge in [0.05, 0.1) is 12.1 Å². The number of phenols is 1. The van der Waals surface area contributed by atoms with Gasteiger partial charge < -0.3 is 30.5 Å². The van der Waals surface area contributed by atoms with E-state index >= 15 is 0 Å². The molecule has 4 atom stereocenters. The summed E-state index contributed by atoms with van der Waals surface area (Å²) in [5.41, 5.74) is 2.88. The number of aryl methyl sites for hydroxylation is 1. The third kappa shape index (κ3) is 7.67. The molecule has 3 aromatic rings. The third-order valence-electron chi connectivity index (χ3n) is 7.80. The molecule has 1 fully saturated rings. The zero-order valence-corrected chi connectivity index (χ0v) is 25.7. The minimum atomic E-state index is -1.68. The molecule has 3 amide bonds. The Kier molecular flexibility index (Phi) is 10.7. The van der Waals surface area contributed by atoms with Crippen LogP contribution in [-0.4, -0.2) is 70.8 Å². The van der Waals surface area contributed by atoms with Crippen LogP contribution in [0, 0.1) is 13.8 Å². The highest BCUT2D eigenvalue weighted by Gasteiger charge is 2.43. The second kappa shape index (κ2) is 14.2. The van der Waals surface area contributed by atoms with Gasteiger partial charge in [-0.1, -0.05) is 59.6 Å². The van der Waals surface area contributed by atoms with Gasteiger partial charge in [0.1, 0.15) is 11.8 Å². The summed E-state index contributed by atoms with van der Waals surface area (Å²) >= 11 is 12.4. The van der Waals surface area contributed by atoms with Gasteiger partial charge in [0.2, 0.25) is 5.91 Å². The molecule has 11 heteroatoms. The predicted octanol–water partition coefficient (Wildman–Crippen LogP) is 3.95. The average Bonchev–Trinajstić information content (AvgIpc) is 3.42. The minimum Gasteiger partial charge on any atom is -0.508 e. The first-order valence-corrected chi connectivity index (χ1v) is 14.6. The van der Waals surface area contributed by atoms with Gasteiger partial charge in [0.15, 0.2) is 6.10 Å². The summed E-state index contributed by atoms with van der Waals surface area (Å²) in [6.07, 6.45) is -1.73. The predicted molar refractivity (Wildman–Crippen MR) is 164 cm³/mol. The lowest BCUT2D eigenvalue weighted by molar-refractivity contribution is -0.146. The molecule has 9 nitrogen and oxygen atoms in total. The molecule has 0 aromatic heterocycles. The van der Waals surface area contributed by atoms with Crippen LogP contribution in [0.4, 0.5) is 0 Å². The van der Waals surface area contributed by atoms with Crippen LogP contribution in [0.5, 0.6) is 5.75 Å². The van der Waals surface area contributed by atoms with E-state index in [4.69, 9.17) is 27.9 Å². The number of hydrogen-bond acceptors (Lipinski definition) is 6. The van der Waals surface area contributed by atoms with Gasteiger partial charge in [-0.3, -0.25) is 14.4 Å². The van der Waals surface area contributed by atoms with Crippen LogP contribution >= 0.6 is 23.2 Å². The summed E-state index contributed by atoms with van der Waals surface area (Å²) in [5.74, 6) is -1.74. The number of benzene rings is 3. The first-order chi connectivity index (χ1) is 20.5. The fraction of sp³-hybridized carbons (Fsp3) is 0.344. The summed E-state index contributed by atoms with van der Waals surface area (Å²) in [5, 5.41) is 28.1. The molecule has 3 aromatic carbocycles. The maximum atomic E-state index is 13.8. The summed E-state index contributed by atoms with van der Waals surface area (Å²) in [6, 6.07) is 15.1. The van der Waals surface area contributed by atoms with E-state index in [1.54, 1.807) is 31.2 Å². The first kappa shape index (κ1) is 32.3. The molecule has 1 saturated heterocycles. The van der Waals surface area contributed by atoms with Crippen LogP contribution in [0.25, 0.3) is 0 Å². The molecule has 1 aliphatic heterocycles. The average molecular weight is 629 g/mol. The number of ether oxygens (including phenoxy) is 1. The summed E-state index contributed by atoms with van der Waals surface area (Å²) < 4.78 is 5.48. The second-order valence-corrected chi connectivity index (χ2v) is 11.5. The number of nitrogens with zero attached hydrogens (tertiary/aromatic N) is 1. The number of rotatable bonds is 10. The number of halogens is 2. The highest BCUT2D eigenvalue weighted by Crippen LogP contribution is 2.27. The lowest BCUT2D eigenvalue weighted by atomic mass is 9.98. The van der Waals surface area contributed by atoms with Crippen molar-refractivity contribution >= 4 is 40.9 Å². The summed E-state index contributed by atoms with van der Waals surface area (Å²) in [6.45, 7) is 3.65. The molecule has 0 unspecified atom stereocenters. The van der Waals surface area contributed by atoms with Crippen LogP contribution in [0.2, 0.25) is 10.0 Å². The van der Waals surface area contributed by atoms with E-state index in [-0.39, 0.29) is 37.2 Å². The Morgan fingerprint density at radius 3 is 2.47 bits per heavy atom. The monoisotopic (exact) mass is 627 g/mol. The number of aliphatic hydroxyl groups is 1. The van der Waals surface area contributed by atoms with Crippen molar-refractivity contribution in [3.05, 3.63) is 98.5 Å². The van der Waals surface area contributed by atoms with Gasteiger partial charge in [-0.2, -0.15) is 0 Å². The molecule has 0 bridgehead atoms. The maximum absolute atomic E-state index is 13.8. The molecule has 1 aliphatic rings. The third-order valence-corrected chi connectivity index (χ3v) is 8.36. The van der Waals surface area contributed by atoms with Crippen LogP contribution in [0.15, 0.2) is 60.7 Å². The van der Waals surface area contributed by atoms with Crippen molar-refractivity contribution in [1.82, 2.24) is 15.5 Å². The number of aromatic hydroxyl groups is 1. The Balaban J connectivity index is 1.55. The number of carbonyl (C=O) groups excluding carboxylic acids is 3. The number of phenolic OH excluding ortho intramolecular Hbond substituents is 1. The molecule has 4 N–H and O–H groups in total. The van der Waals surface area contributed by atoms with Crippen molar-refractivity contribution < 1.29 is 29.3 Å². The van der Waals surface area contributed by atoms with Gasteiger partial charge >= 0.3 is 0 Å². The molecule has 0 aliphatic carbocycles. The Morgan fingerprint density at radius 2 is 1.79 bits per heavy atom. The number of nitrogens with one attached hydrogen (secondary N) is 2. The number of methoxy groups -OCH3 is 1. The summed E-state index contributed by atoms with van der Waals surface area (Å²) in [4.78, 5) is 41.8. The quantitative estimate of drug-likeness (QED) is 0.269. The Hall–Kier alpha value is -3.63. The highest BCUT2D eigenvalue weighted by atomic mass is 35.5. The van der Waals surface area contributed by atoms with Crippen LogP contribution in [-0.2, 0) is 27.3 Å². The van der Waals surface area contributed by atoms with Gasteiger partial charge in [-0.05, 0) is 61.2 Å². The number of carbonyl (C=O) groups is 3. The van der Waals surface area contributed by atoms with Crippen LogP contribution in [0.3, 0.4) is 0 Å². The standard InChI is InChI=1S/C32H35Cl2N3O6/c1-18-12-21(33)14-25(34)24(18)16-35-31(41)27-15-22(43-3)17-37(27)32(42)29(39)26(13-20-8-5-4-6-9-20)36-30(40)23-10-7-11-28(38)19(23)2/h4-12,14,22,26-27,29,38-39H,13,15-17H2,1-3H3,(H,35,41)(H,36,40)/t22-,26+,27+,29+/m1/s1. The highest BCUT2D eigenvalue weighted by molar-refractivity contribution is 6.35. The Bertz CT molecular complexity index is 1460. The van der Waals surface area contributed by atoms with Crippen molar-refractivity contribution in [2.75, 3.05) is 13.7 Å². The lowest BCUT2D eigenvalue weighted by Crippen LogP contribution is -2.55. The second-order valence-electron chi connectivity index (χ2n) is 10.7. The Morgan fingerprint density at radius 1 is 1.07 bits per heavy atom. The van der Waals surface area contributed by atoms with Crippen molar-refractivity contribution in [2.24, 2.45) is 0 Å². The van der Waals surface area contributed by atoms with Gasteiger partial charge in [-0.25, -0.2) is 0 Å². The van der Waals surface area contributed by atoms with E-state index in [0.717, 1.165) is 11.1 Å². The number of hydrogen-bond donors (Lipinski definition) is 4. The lowest BCUT2D eigenvalue weighted by Gasteiger charge is -2.30. The number of aliphatic hydroxyl groups excluding tert-OH is 1. The van der Waals surface area contributed by atoms with Gasteiger partial charge in [0, 0.05) is 47.8 Å². The zero-order valence-electron chi connectivity index (χ0n) is 24.1. The normalized spacial score (nSPS) is 17.8. The largest absolute Gasteiger partial charge is 0.508 e. The number of likely N-dealkylation sites (tertiary alicyclic amines) is 1. The van der Waals surface area contributed by atoms with Crippen LogP contribution in [0.1, 0.15) is 39.0 Å². The molecule has 228 valence electrons. The van der Waals surface area contributed by atoms with E-state index in [2.05, 4.69) is 10.6 Å². The summed E-state index contributed by atoms with van der Waals surface area (Å²) in [7, 11) is 1.50. The molecule has 0 saturated carbocycles. The van der Waals surface area contributed by atoms with Gasteiger partial charge in [0.25, 0.3) is 11.8 Å². The molecular weight excluding hydrogens is 593 g/mol. The van der Waals surface area contributed by atoms with Crippen molar-refractivity contribution in [2.45, 2.75) is 57.5 Å². The van der Waals surface area contributed by atoms with E-state index in [9.17, 15) is 24.6 Å². The fourth-order valence-corrected chi connectivity index (χ4v) is 5.94. The Labute approximate surface area is 260 Å². The molecular formula is C32H35Cl2N3O6. The van der Waals surface area contributed by atoms with E-state index in [1.165, 1.54) is 18.1 Å². The van der Waals surface area contributed by atoms with Crippen molar-refractivity contribution in [3.63, 3.8) is 0 Å². The topological polar surface area (TPSA) is 128 Å². The smallest absolute Gasteiger partial charge is 0.254 e. The first-order valence-electron chi connectivity index (χ1n) is 13.9. The molecule has 0 radical (unpaired) electrons. The van der Waals surface area contributed by atoms with Crippen LogP contribution < -0.4 is 10.6 Å². The van der Waals surface area contributed by atoms with E-state index in [1.807, 2.05) is 37.3 Å². The molecule has 1 heterocycles. The van der Waals surface area contributed by atoms with E-state index in [0.29, 0.717) is 21.2 Å². The van der Waals surface area contributed by atoms with Crippen molar-refractivity contribution in [1.29, 1.82) is 0 Å². The fourth-order valence-electron chi connectivity index (χ4n) is 5.28. The number of amides is 3. The SMILES string of the molecule is CO[C@@H]1C[C@@H](C(=O)NCc2c(C)cc(Cl)cc2Cl)N(C(=O)[C@@H](O)[C@H](Cc2ccccc2)NC(=O)c2cccc(O)c2C)C1. The molecule has 43 heavy (non-hydrogen) atoms. The van der Waals surface area contributed by atoms with E-state index < -0.39 is 42.0 Å². The van der Waals surface area contributed by atoms with Crippen molar-refractivity contribution in [3.8, 4) is 5.75 Å². The molecule has 0 spiro atoms. The van der Waals surface area contributed by atoms with Gasteiger partial charge in [-0.15, -0.1) is 0 Å². The minimum absolute atomic E-state index is 0.0458.